The van der Waals surface area contributed by atoms with E-state index in [9.17, 15) is 5.11 Å². The first-order valence-electron chi connectivity index (χ1n) is 6.55. The molecule has 3 rings (SSSR count). The SMILES string of the molecule is COc1cc(Cl)ccc1C(O)c1cccc2cnccc12. The standard InChI is InChI=1S/C17H14ClNO2/c1-21-16-9-12(18)5-6-15(16)17(20)14-4-2-3-11-10-19-8-7-13(11)14/h2-10,17,20H,1H3. The minimum Gasteiger partial charge on any atom is -0.496 e. The highest BCUT2D eigenvalue weighted by Gasteiger charge is 2.17. The molecule has 0 aliphatic heterocycles. The van der Waals surface area contributed by atoms with Crippen molar-refractivity contribution in [2.75, 3.05) is 7.11 Å². The van der Waals surface area contributed by atoms with Crippen LogP contribution in [0, 0.1) is 0 Å². The molecule has 1 heterocycles. The van der Waals surface area contributed by atoms with Gasteiger partial charge in [-0.2, -0.15) is 0 Å². The van der Waals surface area contributed by atoms with Gasteiger partial charge in [-0.15, -0.1) is 0 Å². The van der Waals surface area contributed by atoms with Crippen molar-refractivity contribution in [1.29, 1.82) is 0 Å². The predicted molar refractivity (Wildman–Crippen MR) is 83.8 cm³/mol. The molecule has 0 amide bonds. The highest BCUT2D eigenvalue weighted by molar-refractivity contribution is 6.30. The summed E-state index contributed by atoms with van der Waals surface area (Å²) in [7, 11) is 1.56. The molecule has 21 heavy (non-hydrogen) atoms. The number of aromatic nitrogens is 1. The van der Waals surface area contributed by atoms with Crippen LogP contribution in [0.2, 0.25) is 5.02 Å². The predicted octanol–water partition coefficient (Wildman–Crippen LogP) is 3.98. The molecule has 1 atom stereocenters. The summed E-state index contributed by atoms with van der Waals surface area (Å²) in [4.78, 5) is 4.11. The Kier molecular flexibility index (Phi) is 3.78. The summed E-state index contributed by atoms with van der Waals surface area (Å²) in [5.74, 6) is 0.570. The van der Waals surface area contributed by atoms with Gasteiger partial charge in [0.2, 0.25) is 0 Å². The Balaban J connectivity index is 2.15. The number of aliphatic hydroxyl groups excluding tert-OH is 1. The van der Waals surface area contributed by atoms with Crippen LogP contribution in [0.4, 0.5) is 0 Å². The summed E-state index contributed by atoms with van der Waals surface area (Å²) in [6, 6.07) is 12.9. The monoisotopic (exact) mass is 299 g/mol. The molecule has 106 valence electrons. The molecule has 0 saturated carbocycles. The summed E-state index contributed by atoms with van der Waals surface area (Å²) in [5, 5.41) is 13.3. The molecule has 0 aliphatic rings. The molecule has 0 bridgehead atoms. The van der Waals surface area contributed by atoms with Crippen LogP contribution in [0.3, 0.4) is 0 Å². The average Bonchev–Trinajstić information content (AvgIpc) is 2.53. The van der Waals surface area contributed by atoms with E-state index in [0.29, 0.717) is 16.3 Å². The number of methoxy groups -OCH3 is 1. The van der Waals surface area contributed by atoms with E-state index in [0.717, 1.165) is 16.3 Å². The molecule has 4 heteroatoms. The van der Waals surface area contributed by atoms with Gasteiger partial charge in [-0.3, -0.25) is 4.98 Å². The second-order valence-corrected chi connectivity index (χ2v) is 5.17. The normalized spacial score (nSPS) is 12.3. The van der Waals surface area contributed by atoms with E-state index >= 15 is 0 Å². The Hall–Kier alpha value is -2.10. The summed E-state index contributed by atoms with van der Waals surface area (Å²) < 4.78 is 5.32. The largest absolute Gasteiger partial charge is 0.496 e. The maximum atomic E-state index is 10.7. The van der Waals surface area contributed by atoms with Crippen molar-refractivity contribution in [2.45, 2.75) is 6.10 Å². The number of hydrogen-bond acceptors (Lipinski definition) is 3. The van der Waals surface area contributed by atoms with Gasteiger partial charge in [0.1, 0.15) is 11.9 Å². The third kappa shape index (κ3) is 2.58. The molecule has 3 aromatic rings. The molecule has 0 spiro atoms. The zero-order valence-corrected chi connectivity index (χ0v) is 12.2. The van der Waals surface area contributed by atoms with Crippen LogP contribution >= 0.6 is 11.6 Å². The van der Waals surface area contributed by atoms with Crippen molar-refractivity contribution in [2.24, 2.45) is 0 Å². The fourth-order valence-corrected chi connectivity index (χ4v) is 2.63. The maximum Gasteiger partial charge on any atom is 0.126 e. The minimum absolute atomic E-state index is 0.570. The van der Waals surface area contributed by atoms with Crippen LogP contribution in [-0.4, -0.2) is 17.2 Å². The highest BCUT2D eigenvalue weighted by atomic mass is 35.5. The number of hydrogen-bond donors (Lipinski definition) is 1. The Labute approximate surface area is 127 Å². The number of pyridine rings is 1. The number of fused-ring (bicyclic) bond motifs is 1. The quantitative estimate of drug-likeness (QED) is 0.795. The van der Waals surface area contributed by atoms with Crippen molar-refractivity contribution in [3.05, 3.63) is 71.0 Å². The van der Waals surface area contributed by atoms with E-state index in [2.05, 4.69) is 4.98 Å². The van der Waals surface area contributed by atoms with E-state index in [-0.39, 0.29) is 0 Å². The fraction of sp³-hybridized carbons (Fsp3) is 0.118. The number of aliphatic hydroxyl groups is 1. The Morgan fingerprint density at radius 3 is 2.81 bits per heavy atom. The Morgan fingerprint density at radius 1 is 1.14 bits per heavy atom. The lowest BCUT2D eigenvalue weighted by Crippen LogP contribution is -2.03. The minimum atomic E-state index is -0.789. The molecule has 2 aromatic carbocycles. The first-order valence-corrected chi connectivity index (χ1v) is 6.92. The van der Waals surface area contributed by atoms with E-state index in [4.69, 9.17) is 16.3 Å². The van der Waals surface area contributed by atoms with E-state index in [1.54, 1.807) is 37.7 Å². The maximum absolute atomic E-state index is 10.7. The molecular weight excluding hydrogens is 286 g/mol. The fourth-order valence-electron chi connectivity index (χ4n) is 2.46. The topological polar surface area (TPSA) is 42.4 Å². The lowest BCUT2D eigenvalue weighted by atomic mass is 9.96. The van der Waals surface area contributed by atoms with Crippen LogP contribution in [0.5, 0.6) is 5.75 Å². The summed E-state index contributed by atoms with van der Waals surface area (Å²) >= 11 is 5.97. The molecule has 1 N–H and O–H groups in total. The number of ether oxygens (including phenoxy) is 1. The molecule has 0 radical (unpaired) electrons. The smallest absolute Gasteiger partial charge is 0.126 e. The third-order valence-electron chi connectivity index (χ3n) is 3.50. The van der Waals surface area contributed by atoms with Crippen molar-refractivity contribution in [1.82, 2.24) is 4.98 Å². The van der Waals surface area contributed by atoms with Crippen molar-refractivity contribution in [3.63, 3.8) is 0 Å². The third-order valence-corrected chi connectivity index (χ3v) is 3.73. The van der Waals surface area contributed by atoms with Gasteiger partial charge in [0.25, 0.3) is 0 Å². The molecular formula is C17H14ClNO2. The average molecular weight is 300 g/mol. The number of benzene rings is 2. The van der Waals surface area contributed by atoms with Gasteiger partial charge in [-0.1, -0.05) is 35.9 Å². The number of rotatable bonds is 3. The van der Waals surface area contributed by atoms with Gasteiger partial charge >= 0.3 is 0 Å². The first-order chi connectivity index (χ1) is 10.2. The molecule has 3 nitrogen and oxygen atoms in total. The molecule has 1 unspecified atom stereocenters. The first kappa shape index (κ1) is 13.9. The van der Waals surface area contributed by atoms with Gasteiger partial charge in [-0.25, -0.2) is 0 Å². The van der Waals surface area contributed by atoms with Crippen LogP contribution in [0.15, 0.2) is 54.9 Å². The summed E-state index contributed by atoms with van der Waals surface area (Å²) in [6.07, 6.45) is 2.71. The van der Waals surface area contributed by atoms with Crippen molar-refractivity contribution in [3.8, 4) is 5.75 Å². The van der Waals surface area contributed by atoms with Crippen LogP contribution in [0.25, 0.3) is 10.8 Å². The van der Waals surface area contributed by atoms with E-state index in [1.807, 2.05) is 24.3 Å². The highest BCUT2D eigenvalue weighted by Crippen LogP contribution is 2.34. The molecule has 0 saturated heterocycles. The lowest BCUT2D eigenvalue weighted by Gasteiger charge is -2.17. The van der Waals surface area contributed by atoms with Crippen molar-refractivity contribution < 1.29 is 9.84 Å². The van der Waals surface area contributed by atoms with Gasteiger partial charge in [0, 0.05) is 28.4 Å². The van der Waals surface area contributed by atoms with Gasteiger partial charge in [-0.05, 0) is 29.1 Å². The van der Waals surface area contributed by atoms with E-state index < -0.39 is 6.10 Å². The number of nitrogens with zero attached hydrogens (tertiary/aromatic N) is 1. The Morgan fingerprint density at radius 2 is 2.00 bits per heavy atom. The molecule has 0 aliphatic carbocycles. The second kappa shape index (κ2) is 5.72. The zero-order valence-electron chi connectivity index (χ0n) is 11.5. The van der Waals surface area contributed by atoms with Gasteiger partial charge in [0.15, 0.2) is 0 Å². The molecule has 0 fully saturated rings. The van der Waals surface area contributed by atoms with Gasteiger partial charge < -0.3 is 9.84 Å². The van der Waals surface area contributed by atoms with Crippen LogP contribution in [-0.2, 0) is 0 Å². The van der Waals surface area contributed by atoms with Crippen LogP contribution < -0.4 is 4.74 Å². The van der Waals surface area contributed by atoms with Gasteiger partial charge in [0.05, 0.1) is 7.11 Å². The number of halogens is 1. The summed E-state index contributed by atoms with van der Waals surface area (Å²) in [5.41, 5.74) is 1.50. The van der Waals surface area contributed by atoms with E-state index in [1.165, 1.54) is 0 Å². The molecule has 1 aromatic heterocycles. The lowest BCUT2D eigenvalue weighted by molar-refractivity contribution is 0.216. The zero-order chi connectivity index (χ0) is 14.8. The van der Waals surface area contributed by atoms with Crippen LogP contribution in [0.1, 0.15) is 17.2 Å². The Bertz CT molecular complexity index is 783. The second-order valence-electron chi connectivity index (χ2n) is 4.73. The summed E-state index contributed by atoms with van der Waals surface area (Å²) in [6.45, 7) is 0. The van der Waals surface area contributed by atoms with Crippen molar-refractivity contribution >= 4 is 22.4 Å².